The molecule has 2 aromatic rings. The summed E-state index contributed by atoms with van der Waals surface area (Å²) in [6, 6.07) is 8.50. The number of nitrogen functional groups attached to an aromatic ring is 1. The summed E-state index contributed by atoms with van der Waals surface area (Å²) in [4.78, 5) is 3.94. The highest BCUT2D eigenvalue weighted by Crippen LogP contribution is 2.24. The van der Waals surface area contributed by atoms with Gasteiger partial charge in [-0.1, -0.05) is 24.3 Å². The van der Waals surface area contributed by atoms with E-state index < -0.39 is 6.10 Å². The molecular formula is C14H15FN2O. The summed E-state index contributed by atoms with van der Waals surface area (Å²) in [5, 5.41) is 10.1. The van der Waals surface area contributed by atoms with E-state index in [2.05, 4.69) is 4.98 Å². The molecule has 3 nitrogen and oxygen atoms in total. The Kier molecular flexibility index (Phi) is 3.58. The highest BCUT2D eigenvalue weighted by atomic mass is 19.1. The van der Waals surface area contributed by atoms with Crippen LogP contribution in [0.3, 0.4) is 0 Å². The van der Waals surface area contributed by atoms with Gasteiger partial charge >= 0.3 is 0 Å². The summed E-state index contributed by atoms with van der Waals surface area (Å²) in [5.41, 5.74) is 7.22. The van der Waals surface area contributed by atoms with Gasteiger partial charge in [-0.2, -0.15) is 0 Å². The van der Waals surface area contributed by atoms with Gasteiger partial charge in [-0.25, -0.2) is 9.37 Å². The zero-order valence-corrected chi connectivity index (χ0v) is 10.1. The van der Waals surface area contributed by atoms with Gasteiger partial charge in [-0.3, -0.25) is 0 Å². The van der Waals surface area contributed by atoms with Gasteiger partial charge in [0.15, 0.2) is 0 Å². The Morgan fingerprint density at radius 3 is 2.83 bits per heavy atom. The molecule has 0 spiro atoms. The number of nitrogens with two attached hydrogens (primary N) is 1. The lowest BCUT2D eigenvalue weighted by Gasteiger charge is -2.14. The van der Waals surface area contributed by atoms with E-state index in [1.165, 1.54) is 0 Å². The third-order valence-corrected chi connectivity index (χ3v) is 2.92. The van der Waals surface area contributed by atoms with E-state index in [1.54, 1.807) is 43.5 Å². The zero-order valence-electron chi connectivity index (χ0n) is 10.1. The Morgan fingerprint density at radius 2 is 2.11 bits per heavy atom. The van der Waals surface area contributed by atoms with Crippen LogP contribution in [0, 0.1) is 12.7 Å². The summed E-state index contributed by atoms with van der Waals surface area (Å²) >= 11 is 0. The zero-order chi connectivity index (χ0) is 13.1. The Balaban J connectivity index is 2.25. The average Bonchev–Trinajstić information content (AvgIpc) is 2.35. The molecule has 0 radical (unpaired) electrons. The van der Waals surface area contributed by atoms with Crippen LogP contribution in [-0.2, 0) is 6.42 Å². The molecule has 1 unspecified atom stereocenters. The topological polar surface area (TPSA) is 59.1 Å². The van der Waals surface area contributed by atoms with Gasteiger partial charge in [0.25, 0.3) is 0 Å². The van der Waals surface area contributed by atoms with Gasteiger partial charge in [-0.05, 0) is 24.1 Å². The second-order valence-electron chi connectivity index (χ2n) is 4.25. The highest BCUT2D eigenvalue weighted by molar-refractivity contribution is 5.40. The number of rotatable bonds is 3. The van der Waals surface area contributed by atoms with Gasteiger partial charge in [0, 0.05) is 18.2 Å². The maximum absolute atomic E-state index is 13.8. The SMILES string of the molecule is Cc1cccc(C(O)Cc2cccnc2N)c1F. The summed E-state index contributed by atoms with van der Waals surface area (Å²) < 4.78 is 13.8. The van der Waals surface area contributed by atoms with Gasteiger partial charge in [0.2, 0.25) is 0 Å². The number of aliphatic hydroxyl groups is 1. The number of aromatic nitrogens is 1. The molecule has 0 amide bonds. The largest absolute Gasteiger partial charge is 0.388 e. The van der Waals surface area contributed by atoms with Crippen molar-refractivity contribution >= 4 is 5.82 Å². The predicted octanol–water partition coefficient (Wildman–Crippen LogP) is 2.39. The third-order valence-electron chi connectivity index (χ3n) is 2.92. The molecule has 0 saturated carbocycles. The molecule has 1 aromatic carbocycles. The molecule has 4 heteroatoms. The molecule has 0 aliphatic rings. The monoisotopic (exact) mass is 246 g/mol. The Labute approximate surface area is 105 Å². The number of aryl methyl sites for hydroxylation is 1. The lowest BCUT2D eigenvalue weighted by molar-refractivity contribution is 0.173. The summed E-state index contributed by atoms with van der Waals surface area (Å²) in [6.45, 7) is 1.67. The van der Waals surface area contributed by atoms with Crippen molar-refractivity contribution in [2.75, 3.05) is 5.73 Å². The first-order chi connectivity index (χ1) is 8.59. The number of halogens is 1. The van der Waals surface area contributed by atoms with Crippen molar-refractivity contribution in [3.8, 4) is 0 Å². The second-order valence-corrected chi connectivity index (χ2v) is 4.25. The molecule has 1 atom stereocenters. The number of aliphatic hydroxyl groups excluding tert-OH is 1. The maximum atomic E-state index is 13.8. The van der Waals surface area contributed by atoms with E-state index in [4.69, 9.17) is 5.73 Å². The van der Waals surface area contributed by atoms with Gasteiger partial charge < -0.3 is 10.8 Å². The van der Waals surface area contributed by atoms with Crippen molar-refractivity contribution in [2.24, 2.45) is 0 Å². The number of nitrogens with zero attached hydrogens (tertiary/aromatic N) is 1. The first kappa shape index (κ1) is 12.5. The van der Waals surface area contributed by atoms with E-state index in [9.17, 15) is 9.50 Å². The van der Waals surface area contributed by atoms with Crippen molar-refractivity contribution in [3.63, 3.8) is 0 Å². The quantitative estimate of drug-likeness (QED) is 0.874. The Morgan fingerprint density at radius 1 is 1.33 bits per heavy atom. The van der Waals surface area contributed by atoms with Crippen LogP contribution in [0.5, 0.6) is 0 Å². The molecule has 94 valence electrons. The fraction of sp³-hybridized carbons (Fsp3) is 0.214. The fourth-order valence-electron chi connectivity index (χ4n) is 1.87. The lowest BCUT2D eigenvalue weighted by Crippen LogP contribution is -2.07. The van der Waals surface area contributed by atoms with Crippen LogP contribution in [0.15, 0.2) is 36.5 Å². The smallest absolute Gasteiger partial charge is 0.131 e. The van der Waals surface area contributed by atoms with E-state index in [0.29, 0.717) is 22.5 Å². The van der Waals surface area contributed by atoms with Crippen LogP contribution in [0.1, 0.15) is 22.8 Å². The maximum Gasteiger partial charge on any atom is 0.131 e. The minimum atomic E-state index is -0.920. The predicted molar refractivity (Wildman–Crippen MR) is 68.5 cm³/mol. The Hall–Kier alpha value is -1.94. The highest BCUT2D eigenvalue weighted by Gasteiger charge is 2.15. The molecule has 2 rings (SSSR count). The molecule has 0 aliphatic carbocycles. The molecule has 0 bridgehead atoms. The van der Waals surface area contributed by atoms with Crippen LogP contribution in [0.2, 0.25) is 0 Å². The van der Waals surface area contributed by atoms with Crippen molar-refractivity contribution in [3.05, 3.63) is 59.0 Å². The lowest BCUT2D eigenvalue weighted by atomic mass is 10.00. The average molecular weight is 246 g/mol. The standard InChI is InChI=1S/C14H15FN2O/c1-9-4-2-6-11(13(9)15)12(18)8-10-5-3-7-17-14(10)16/h2-7,12,18H,8H2,1H3,(H2,16,17). The summed E-state index contributed by atoms with van der Waals surface area (Å²) in [7, 11) is 0. The third kappa shape index (κ3) is 2.49. The van der Waals surface area contributed by atoms with Gasteiger partial charge in [-0.15, -0.1) is 0 Å². The summed E-state index contributed by atoms with van der Waals surface area (Å²) in [6.07, 6.45) is 0.912. The number of hydrogen-bond acceptors (Lipinski definition) is 3. The van der Waals surface area contributed by atoms with Crippen LogP contribution in [0.4, 0.5) is 10.2 Å². The number of pyridine rings is 1. The number of anilines is 1. The molecular weight excluding hydrogens is 231 g/mol. The molecule has 0 aliphatic heterocycles. The Bertz CT molecular complexity index is 557. The van der Waals surface area contributed by atoms with E-state index in [-0.39, 0.29) is 12.2 Å². The number of hydrogen-bond donors (Lipinski definition) is 2. The molecule has 0 fully saturated rings. The first-order valence-electron chi connectivity index (χ1n) is 5.72. The second kappa shape index (κ2) is 5.14. The van der Waals surface area contributed by atoms with E-state index >= 15 is 0 Å². The van der Waals surface area contributed by atoms with Gasteiger partial charge in [0.1, 0.15) is 11.6 Å². The van der Waals surface area contributed by atoms with Crippen molar-refractivity contribution in [1.29, 1.82) is 0 Å². The van der Waals surface area contributed by atoms with E-state index in [0.717, 1.165) is 0 Å². The molecule has 18 heavy (non-hydrogen) atoms. The molecule has 3 N–H and O–H groups in total. The van der Waals surface area contributed by atoms with E-state index in [1.807, 2.05) is 0 Å². The van der Waals surface area contributed by atoms with Crippen LogP contribution >= 0.6 is 0 Å². The summed E-state index contributed by atoms with van der Waals surface area (Å²) in [5.74, 6) is -0.00271. The first-order valence-corrected chi connectivity index (χ1v) is 5.72. The van der Waals surface area contributed by atoms with Crippen molar-refractivity contribution in [2.45, 2.75) is 19.4 Å². The fourth-order valence-corrected chi connectivity index (χ4v) is 1.87. The van der Waals surface area contributed by atoms with Crippen molar-refractivity contribution < 1.29 is 9.50 Å². The van der Waals surface area contributed by atoms with Crippen LogP contribution < -0.4 is 5.73 Å². The molecule has 1 aromatic heterocycles. The normalized spacial score (nSPS) is 12.4. The minimum absolute atomic E-state index is 0.250. The molecule has 1 heterocycles. The number of benzene rings is 1. The molecule has 0 saturated heterocycles. The van der Waals surface area contributed by atoms with Gasteiger partial charge in [0.05, 0.1) is 6.10 Å². The minimum Gasteiger partial charge on any atom is -0.388 e. The van der Waals surface area contributed by atoms with Crippen molar-refractivity contribution in [1.82, 2.24) is 4.98 Å². The van der Waals surface area contributed by atoms with Crippen LogP contribution in [-0.4, -0.2) is 10.1 Å². The van der Waals surface area contributed by atoms with Crippen LogP contribution in [0.25, 0.3) is 0 Å².